The lowest BCUT2D eigenvalue weighted by atomic mass is 10.1. The van der Waals surface area contributed by atoms with E-state index in [0.29, 0.717) is 13.1 Å². The van der Waals surface area contributed by atoms with Gasteiger partial charge in [-0.2, -0.15) is 0 Å². The van der Waals surface area contributed by atoms with Gasteiger partial charge in [-0.25, -0.2) is 9.69 Å². The van der Waals surface area contributed by atoms with E-state index in [2.05, 4.69) is 0 Å². The normalized spacial score (nSPS) is 14.9. The van der Waals surface area contributed by atoms with Crippen LogP contribution in [-0.4, -0.2) is 40.1 Å². The first-order valence-corrected chi connectivity index (χ1v) is 6.62. The molecule has 2 N–H and O–H groups in total. The van der Waals surface area contributed by atoms with E-state index in [0.717, 1.165) is 24.2 Å². The van der Waals surface area contributed by atoms with Crippen LogP contribution in [0.25, 0.3) is 0 Å². The summed E-state index contributed by atoms with van der Waals surface area (Å²) >= 11 is 0. The minimum atomic E-state index is -0.425. The first kappa shape index (κ1) is 14.2. The van der Waals surface area contributed by atoms with Gasteiger partial charge in [-0.15, -0.1) is 0 Å². The molecule has 0 spiro atoms. The molecular weight excluding hydrogens is 260 g/mol. The summed E-state index contributed by atoms with van der Waals surface area (Å²) in [5.41, 5.74) is 0.253. The number of hydrogen-bond donors (Lipinski definition) is 2. The molecule has 1 aromatic rings. The number of carbonyl (C=O) groups is 2. The minimum absolute atomic E-state index is 0.253. The molecule has 1 aromatic carbocycles. The van der Waals surface area contributed by atoms with Crippen LogP contribution >= 0.6 is 0 Å². The monoisotopic (exact) mass is 278 g/mol. The van der Waals surface area contributed by atoms with Crippen LogP contribution in [0.2, 0.25) is 0 Å². The van der Waals surface area contributed by atoms with Crippen molar-refractivity contribution < 1.29 is 19.8 Å². The van der Waals surface area contributed by atoms with Crippen molar-refractivity contribution in [1.82, 2.24) is 4.90 Å². The molecule has 0 saturated carbocycles. The molecule has 0 bridgehead atoms. The fraction of sp³-hybridized carbons (Fsp3) is 0.429. The molecule has 1 aliphatic rings. The Labute approximate surface area is 117 Å². The van der Waals surface area contributed by atoms with Crippen molar-refractivity contribution >= 4 is 17.6 Å². The molecule has 0 atom stereocenters. The standard InChI is InChI=1S/C14H18N2O4/c1-10(17)16(11-5-6-12(18)13(19)9-11)14(20)15-7-3-2-4-8-15/h5-6,9,18-19H,2-4,7-8H2,1H3. The van der Waals surface area contributed by atoms with Crippen LogP contribution < -0.4 is 4.90 Å². The minimum Gasteiger partial charge on any atom is -0.504 e. The second-order valence-electron chi connectivity index (χ2n) is 4.86. The van der Waals surface area contributed by atoms with Gasteiger partial charge in [-0.3, -0.25) is 4.79 Å². The number of phenols is 2. The number of benzene rings is 1. The predicted octanol–water partition coefficient (Wildman–Crippen LogP) is 2.06. The van der Waals surface area contributed by atoms with Crippen molar-refractivity contribution in [2.24, 2.45) is 0 Å². The van der Waals surface area contributed by atoms with Gasteiger partial charge < -0.3 is 15.1 Å². The Morgan fingerprint density at radius 3 is 2.30 bits per heavy atom. The molecule has 108 valence electrons. The van der Waals surface area contributed by atoms with E-state index in [1.165, 1.54) is 25.1 Å². The summed E-state index contributed by atoms with van der Waals surface area (Å²) in [5, 5.41) is 18.8. The number of phenolic OH excluding ortho intramolecular Hbond substituents is 2. The fourth-order valence-electron chi connectivity index (χ4n) is 2.30. The number of imide groups is 1. The van der Waals surface area contributed by atoms with E-state index in [4.69, 9.17) is 0 Å². The third-order valence-electron chi connectivity index (χ3n) is 3.35. The summed E-state index contributed by atoms with van der Waals surface area (Å²) in [6.07, 6.45) is 2.94. The van der Waals surface area contributed by atoms with Gasteiger partial charge in [-0.05, 0) is 31.4 Å². The second-order valence-corrected chi connectivity index (χ2v) is 4.86. The van der Waals surface area contributed by atoms with Gasteiger partial charge in [-0.1, -0.05) is 0 Å². The van der Waals surface area contributed by atoms with Crippen molar-refractivity contribution in [2.75, 3.05) is 18.0 Å². The summed E-state index contributed by atoms with van der Waals surface area (Å²) in [6.45, 7) is 2.56. The molecule has 1 fully saturated rings. The van der Waals surface area contributed by atoms with Crippen LogP contribution in [0.4, 0.5) is 10.5 Å². The predicted molar refractivity (Wildman–Crippen MR) is 73.8 cm³/mol. The molecule has 20 heavy (non-hydrogen) atoms. The first-order valence-electron chi connectivity index (χ1n) is 6.62. The Morgan fingerprint density at radius 1 is 1.10 bits per heavy atom. The van der Waals surface area contributed by atoms with E-state index in [1.807, 2.05) is 0 Å². The molecule has 3 amide bonds. The topological polar surface area (TPSA) is 81.1 Å². The van der Waals surface area contributed by atoms with Crippen LogP contribution in [0.1, 0.15) is 26.2 Å². The summed E-state index contributed by atoms with van der Waals surface area (Å²) in [4.78, 5) is 26.8. The quantitative estimate of drug-likeness (QED) is 0.770. The SMILES string of the molecule is CC(=O)N(C(=O)N1CCCCC1)c1ccc(O)c(O)c1. The molecule has 0 aromatic heterocycles. The number of aromatic hydroxyl groups is 2. The average Bonchev–Trinajstić information content (AvgIpc) is 2.43. The maximum atomic E-state index is 12.4. The van der Waals surface area contributed by atoms with E-state index in [9.17, 15) is 19.8 Å². The molecular formula is C14H18N2O4. The van der Waals surface area contributed by atoms with Crippen LogP contribution in [0.5, 0.6) is 11.5 Å². The third-order valence-corrected chi connectivity index (χ3v) is 3.35. The number of rotatable bonds is 1. The number of likely N-dealkylation sites (tertiary alicyclic amines) is 1. The zero-order valence-electron chi connectivity index (χ0n) is 11.4. The maximum Gasteiger partial charge on any atom is 0.331 e. The number of piperidine rings is 1. The van der Waals surface area contributed by atoms with E-state index < -0.39 is 5.91 Å². The Bertz CT molecular complexity index is 524. The van der Waals surface area contributed by atoms with Crippen molar-refractivity contribution in [3.05, 3.63) is 18.2 Å². The molecule has 0 radical (unpaired) electrons. The fourth-order valence-corrected chi connectivity index (χ4v) is 2.30. The van der Waals surface area contributed by atoms with Crippen molar-refractivity contribution in [1.29, 1.82) is 0 Å². The first-order chi connectivity index (χ1) is 9.50. The summed E-state index contributed by atoms with van der Waals surface area (Å²) in [5.74, 6) is -1.08. The van der Waals surface area contributed by atoms with Gasteiger partial charge >= 0.3 is 6.03 Å². The van der Waals surface area contributed by atoms with E-state index >= 15 is 0 Å². The summed E-state index contributed by atoms with van der Waals surface area (Å²) < 4.78 is 0. The van der Waals surface area contributed by atoms with Gasteiger partial charge in [0.15, 0.2) is 11.5 Å². The Balaban J connectivity index is 2.28. The number of urea groups is 1. The summed E-state index contributed by atoms with van der Waals surface area (Å²) in [6, 6.07) is 3.50. The molecule has 1 aliphatic heterocycles. The maximum absolute atomic E-state index is 12.4. The van der Waals surface area contributed by atoms with Crippen LogP contribution in [0.3, 0.4) is 0 Å². The van der Waals surface area contributed by atoms with Crippen molar-refractivity contribution in [2.45, 2.75) is 26.2 Å². The number of anilines is 1. The van der Waals surface area contributed by atoms with E-state index in [-0.39, 0.29) is 23.2 Å². The zero-order chi connectivity index (χ0) is 14.7. The molecule has 0 unspecified atom stereocenters. The van der Waals surface area contributed by atoms with Gasteiger partial charge in [0.25, 0.3) is 0 Å². The largest absolute Gasteiger partial charge is 0.504 e. The Hall–Kier alpha value is -2.24. The highest BCUT2D eigenvalue weighted by Crippen LogP contribution is 2.30. The summed E-state index contributed by atoms with van der Waals surface area (Å²) in [7, 11) is 0. The van der Waals surface area contributed by atoms with E-state index in [1.54, 1.807) is 4.90 Å². The molecule has 1 heterocycles. The lowest BCUT2D eigenvalue weighted by Gasteiger charge is -2.31. The van der Waals surface area contributed by atoms with Crippen LogP contribution in [-0.2, 0) is 4.79 Å². The highest BCUT2D eigenvalue weighted by atomic mass is 16.3. The highest BCUT2D eigenvalue weighted by molar-refractivity contribution is 6.13. The van der Waals surface area contributed by atoms with Crippen molar-refractivity contribution in [3.8, 4) is 11.5 Å². The number of nitrogens with zero attached hydrogens (tertiary/aromatic N) is 2. The lowest BCUT2D eigenvalue weighted by molar-refractivity contribution is -0.116. The Kier molecular flexibility index (Phi) is 4.12. The van der Waals surface area contributed by atoms with Crippen molar-refractivity contribution in [3.63, 3.8) is 0 Å². The number of amides is 3. The van der Waals surface area contributed by atoms with Crippen LogP contribution in [0, 0.1) is 0 Å². The third kappa shape index (κ3) is 2.84. The highest BCUT2D eigenvalue weighted by Gasteiger charge is 2.27. The van der Waals surface area contributed by atoms with Gasteiger partial charge in [0.05, 0.1) is 5.69 Å². The Morgan fingerprint density at radius 2 is 1.75 bits per heavy atom. The zero-order valence-corrected chi connectivity index (χ0v) is 11.4. The molecule has 1 saturated heterocycles. The van der Waals surface area contributed by atoms with Gasteiger partial charge in [0.2, 0.25) is 5.91 Å². The average molecular weight is 278 g/mol. The lowest BCUT2D eigenvalue weighted by Crippen LogP contribution is -2.47. The molecule has 6 nitrogen and oxygen atoms in total. The number of carbonyl (C=O) groups excluding carboxylic acids is 2. The van der Waals surface area contributed by atoms with Gasteiger partial charge in [0, 0.05) is 26.1 Å². The molecule has 2 rings (SSSR count). The smallest absolute Gasteiger partial charge is 0.331 e. The molecule has 0 aliphatic carbocycles. The second kappa shape index (κ2) is 5.81. The molecule has 6 heteroatoms. The van der Waals surface area contributed by atoms with Crippen LogP contribution in [0.15, 0.2) is 18.2 Å². The number of hydrogen-bond acceptors (Lipinski definition) is 4. The van der Waals surface area contributed by atoms with Gasteiger partial charge in [0.1, 0.15) is 0 Å².